The number of para-hydroxylation sites is 1. The Kier molecular flexibility index (Phi) is 4.53. The van der Waals surface area contributed by atoms with Gasteiger partial charge in [0, 0.05) is 20.0 Å². The lowest BCUT2D eigenvalue weighted by Crippen LogP contribution is -2.27. The number of benzene rings is 1. The van der Waals surface area contributed by atoms with Gasteiger partial charge >= 0.3 is 0 Å². The topological polar surface area (TPSA) is 85.5 Å². The molecule has 1 aliphatic carbocycles. The highest BCUT2D eigenvalue weighted by molar-refractivity contribution is 6.21. The molecule has 1 heterocycles. The fourth-order valence-electron chi connectivity index (χ4n) is 2.71. The summed E-state index contributed by atoms with van der Waals surface area (Å²) in [5.74, 6) is -0.572. The molecule has 3 rings (SSSR count). The van der Waals surface area contributed by atoms with Gasteiger partial charge in [0.1, 0.15) is 0 Å². The molecule has 7 nitrogen and oxygen atoms in total. The summed E-state index contributed by atoms with van der Waals surface area (Å²) in [5, 5.41) is 2.58. The van der Waals surface area contributed by atoms with Crippen LogP contribution < -0.4 is 10.9 Å². The summed E-state index contributed by atoms with van der Waals surface area (Å²) < 4.78 is 3.24. The number of hydrogen-bond acceptors (Lipinski definition) is 4. The van der Waals surface area contributed by atoms with Crippen LogP contribution in [0.5, 0.6) is 0 Å². The highest BCUT2D eigenvalue weighted by Crippen LogP contribution is 2.19. The highest BCUT2D eigenvalue weighted by Gasteiger charge is 2.19. The second kappa shape index (κ2) is 6.79. The van der Waals surface area contributed by atoms with Gasteiger partial charge < -0.3 is 5.32 Å². The SMILES string of the molecule is CC(=O)NC1=CC(=O)C=C/C1=N\c1c(C)n(C)n(-c2ccccc2)c1=O. The summed E-state index contributed by atoms with van der Waals surface area (Å²) in [6.07, 6.45) is 4.12. The fourth-order valence-corrected chi connectivity index (χ4v) is 2.71. The lowest BCUT2D eigenvalue weighted by molar-refractivity contribution is -0.118. The van der Waals surface area contributed by atoms with Crippen LogP contribution in [-0.4, -0.2) is 26.8 Å². The Morgan fingerprint density at radius 3 is 2.46 bits per heavy atom. The van der Waals surface area contributed by atoms with Crippen LogP contribution >= 0.6 is 0 Å². The standard InChI is InChI=1S/C19H18N4O3/c1-12-18(19(26)23(22(12)3)14-7-5-4-6-8-14)21-16-10-9-15(25)11-17(16)20-13(2)24/h4-11H,1-3H3,(H,20,24)/b21-16+. The maximum atomic E-state index is 12.9. The summed E-state index contributed by atoms with van der Waals surface area (Å²) in [6.45, 7) is 3.14. The molecule has 0 fully saturated rings. The Hall–Kier alpha value is -3.48. The summed E-state index contributed by atoms with van der Waals surface area (Å²) in [5.41, 5.74) is 1.99. The number of nitrogens with zero attached hydrogens (tertiary/aromatic N) is 3. The Bertz CT molecular complexity index is 1040. The first-order valence-corrected chi connectivity index (χ1v) is 8.03. The molecule has 1 amide bonds. The van der Waals surface area contributed by atoms with Gasteiger partial charge in [-0.2, -0.15) is 0 Å². The Balaban J connectivity index is 2.13. The molecule has 0 bridgehead atoms. The summed E-state index contributed by atoms with van der Waals surface area (Å²) >= 11 is 0. The second-order valence-corrected chi connectivity index (χ2v) is 5.88. The number of carbonyl (C=O) groups excluding carboxylic acids is 2. The largest absolute Gasteiger partial charge is 0.324 e. The van der Waals surface area contributed by atoms with Crippen LogP contribution in [0.4, 0.5) is 5.69 Å². The van der Waals surface area contributed by atoms with Gasteiger partial charge in [-0.25, -0.2) is 9.67 Å². The van der Waals surface area contributed by atoms with Gasteiger partial charge in [0.05, 0.1) is 22.8 Å². The zero-order valence-corrected chi connectivity index (χ0v) is 14.7. The molecular formula is C19H18N4O3. The third kappa shape index (κ3) is 3.19. The molecule has 1 aliphatic rings. The molecule has 0 saturated heterocycles. The molecule has 0 saturated carbocycles. The Morgan fingerprint density at radius 2 is 1.81 bits per heavy atom. The molecule has 2 aromatic rings. The molecule has 26 heavy (non-hydrogen) atoms. The first kappa shape index (κ1) is 17.3. The van der Waals surface area contributed by atoms with E-state index in [-0.39, 0.29) is 28.6 Å². The van der Waals surface area contributed by atoms with Gasteiger partial charge in [-0.05, 0) is 31.2 Å². The van der Waals surface area contributed by atoms with E-state index in [2.05, 4.69) is 10.3 Å². The van der Waals surface area contributed by atoms with E-state index >= 15 is 0 Å². The number of hydrogen-bond donors (Lipinski definition) is 1. The highest BCUT2D eigenvalue weighted by atomic mass is 16.2. The third-order valence-corrected chi connectivity index (χ3v) is 4.03. The van der Waals surface area contributed by atoms with Crippen molar-refractivity contribution in [2.45, 2.75) is 13.8 Å². The zero-order valence-electron chi connectivity index (χ0n) is 14.7. The average molecular weight is 350 g/mol. The molecule has 1 N–H and O–H groups in total. The molecule has 132 valence electrons. The smallest absolute Gasteiger partial charge is 0.297 e. The maximum absolute atomic E-state index is 12.9. The number of aliphatic imine (C=N–C) groups is 1. The lowest BCUT2D eigenvalue weighted by Gasteiger charge is -2.10. The predicted molar refractivity (Wildman–Crippen MR) is 98.9 cm³/mol. The van der Waals surface area contributed by atoms with E-state index in [1.54, 1.807) is 18.7 Å². The van der Waals surface area contributed by atoms with Crippen LogP contribution in [0.15, 0.2) is 64.0 Å². The fraction of sp³-hybridized carbons (Fsp3) is 0.158. The van der Waals surface area contributed by atoms with Crippen molar-refractivity contribution in [3.05, 3.63) is 70.3 Å². The molecule has 1 aromatic carbocycles. The lowest BCUT2D eigenvalue weighted by atomic mass is 10.1. The van der Waals surface area contributed by atoms with Crippen molar-refractivity contribution in [1.29, 1.82) is 0 Å². The van der Waals surface area contributed by atoms with E-state index < -0.39 is 0 Å². The van der Waals surface area contributed by atoms with Crippen LogP contribution in [-0.2, 0) is 16.6 Å². The van der Waals surface area contributed by atoms with Gasteiger partial charge in [0.15, 0.2) is 11.5 Å². The zero-order chi connectivity index (χ0) is 18.8. The van der Waals surface area contributed by atoms with Gasteiger partial charge in [-0.3, -0.25) is 19.1 Å². The van der Waals surface area contributed by atoms with Crippen molar-refractivity contribution in [3.63, 3.8) is 0 Å². The average Bonchev–Trinajstić information content (AvgIpc) is 2.81. The third-order valence-electron chi connectivity index (χ3n) is 4.03. The van der Waals surface area contributed by atoms with E-state index in [4.69, 9.17) is 0 Å². The Labute approximate surface area is 149 Å². The molecule has 0 spiro atoms. The van der Waals surface area contributed by atoms with Crippen molar-refractivity contribution in [2.24, 2.45) is 12.0 Å². The summed E-state index contributed by atoms with van der Waals surface area (Å²) in [7, 11) is 1.78. The number of allylic oxidation sites excluding steroid dienone is 3. The number of rotatable bonds is 3. The molecule has 0 unspecified atom stereocenters. The second-order valence-electron chi connectivity index (χ2n) is 5.88. The number of aromatic nitrogens is 2. The van der Waals surface area contributed by atoms with Crippen LogP contribution in [0.1, 0.15) is 12.6 Å². The van der Waals surface area contributed by atoms with Gasteiger partial charge in [-0.15, -0.1) is 0 Å². The van der Waals surface area contributed by atoms with Gasteiger partial charge in [0.25, 0.3) is 5.56 Å². The van der Waals surface area contributed by atoms with E-state index in [9.17, 15) is 14.4 Å². The molecule has 1 aromatic heterocycles. The van der Waals surface area contributed by atoms with Crippen LogP contribution in [0.3, 0.4) is 0 Å². The first-order chi connectivity index (χ1) is 12.4. The van der Waals surface area contributed by atoms with Crippen molar-refractivity contribution in [2.75, 3.05) is 0 Å². The molecule has 0 atom stereocenters. The van der Waals surface area contributed by atoms with Gasteiger partial charge in [0.2, 0.25) is 5.91 Å². The van der Waals surface area contributed by atoms with Crippen LogP contribution in [0.2, 0.25) is 0 Å². The minimum atomic E-state index is -0.321. The minimum Gasteiger partial charge on any atom is -0.324 e. The quantitative estimate of drug-likeness (QED) is 0.855. The predicted octanol–water partition coefficient (Wildman–Crippen LogP) is 1.72. The first-order valence-electron chi connectivity index (χ1n) is 8.03. The number of ketones is 1. The molecule has 7 heteroatoms. The van der Waals surface area contributed by atoms with E-state index in [0.29, 0.717) is 11.4 Å². The number of nitrogens with one attached hydrogen (secondary N) is 1. The molecule has 0 radical (unpaired) electrons. The molecular weight excluding hydrogens is 332 g/mol. The Morgan fingerprint density at radius 1 is 1.12 bits per heavy atom. The van der Waals surface area contributed by atoms with Crippen molar-refractivity contribution < 1.29 is 9.59 Å². The van der Waals surface area contributed by atoms with Crippen molar-refractivity contribution in [1.82, 2.24) is 14.7 Å². The number of carbonyl (C=O) groups is 2. The maximum Gasteiger partial charge on any atom is 0.297 e. The van der Waals surface area contributed by atoms with E-state index in [0.717, 1.165) is 5.69 Å². The van der Waals surface area contributed by atoms with Crippen molar-refractivity contribution >= 4 is 23.1 Å². The van der Waals surface area contributed by atoms with E-state index in [1.807, 2.05) is 30.3 Å². The summed E-state index contributed by atoms with van der Waals surface area (Å²) in [6, 6.07) is 9.24. The minimum absolute atomic E-state index is 0.251. The van der Waals surface area contributed by atoms with Gasteiger partial charge in [-0.1, -0.05) is 18.2 Å². The van der Waals surface area contributed by atoms with Crippen LogP contribution in [0, 0.1) is 6.92 Å². The van der Waals surface area contributed by atoms with Crippen molar-refractivity contribution in [3.8, 4) is 5.69 Å². The summed E-state index contributed by atoms with van der Waals surface area (Å²) in [4.78, 5) is 40.3. The monoisotopic (exact) mass is 350 g/mol. The number of amides is 1. The molecule has 0 aliphatic heterocycles. The normalized spacial score (nSPS) is 15.3. The van der Waals surface area contributed by atoms with E-state index in [1.165, 1.54) is 29.8 Å². The van der Waals surface area contributed by atoms with Crippen LogP contribution in [0.25, 0.3) is 5.69 Å².